The quantitative estimate of drug-likeness (QED) is 0.802. The fourth-order valence-corrected chi connectivity index (χ4v) is 3.54. The Morgan fingerprint density at radius 1 is 1.39 bits per heavy atom. The Hall–Kier alpha value is -0.260. The summed E-state index contributed by atoms with van der Waals surface area (Å²) in [5, 5.41) is 7.16. The maximum Gasteiger partial charge on any atom is 0.230 e. The third-order valence-electron chi connectivity index (χ3n) is 3.72. The highest BCUT2D eigenvalue weighted by atomic mass is 32.2. The number of piperidine rings is 1. The molecule has 0 aromatic carbocycles. The van der Waals surface area contributed by atoms with Crippen molar-refractivity contribution in [3.8, 4) is 0 Å². The maximum absolute atomic E-state index is 11.9. The Kier molecular flexibility index (Phi) is 5.79. The van der Waals surface area contributed by atoms with Crippen molar-refractivity contribution in [3.05, 3.63) is 0 Å². The van der Waals surface area contributed by atoms with E-state index in [9.17, 15) is 4.79 Å². The van der Waals surface area contributed by atoms with Gasteiger partial charge in [0, 0.05) is 17.9 Å². The first-order chi connectivity index (χ1) is 8.75. The van der Waals surface area contributed by atoms with Crippen LogP contribution in [0.2, 0.25) is 0 Å². The SMILES string of the molecule is CC1COCCC1NC(=O)CSC1CCNCC1. The maximum atomic E-state index is 11.9. The molecule has 2 unspecified atom stereocenters. The van der Waals surface area contributed by atoms with E-state index in [0.717, 1.165) is 32.7 Å². The third-order valence-corrected chi connectivity index (χ3v) is 5.10. The summed E-state index contributed by atoms with van der Waals surface area (Å²) in [7, 11) is 0. The van der Waals surface area contributed by atoms with E-state index in [2.05, 4.69) is 17.6 Å². The molecule has 2 atom stereocenters. The van der Waals surface area contributed by atoms with Gasteiger partial charge in [0.2, 0.25) is 5.91 Å². The summed E-state index contributed by atoms with van der Waals surface area (Å²) < 4.78 is 5.39. The zero-order chi connectivity index (χ0) is 12.8. The van der Waals surface area contributed by atoms with Gasteiger partial charge in [-0.25, -0.2) is 0 Å². The van der Waals surface area contributed by atoms with Gasteiger partial charge in [-0.15, -0.1) is 11.8 Å². The molecule has 2 aliphatic heterocycles. The highest BCUT2D eigenvalue weighted by molar-refractivity contribution is 8.00. The molecule has 0 aromatic rings. The molecule has 2 aliphatic rings. The molecule has 104 valence electrons. The fraction of sp³-hybridized carbons (Fsp3) is 0.923. The lowest BCUT2D eigenvalue weighted by Gasteiger charge is -2.30. The zero-order valence-electron chi connectivity index (χ0n) is 11.1. The number of ether oxygens (including phenoxy) is 1. The number of hydrogen-bond donors (Lipinski definition) is 2. The van der Waals surface area contributed by atoms with Crippen molar-refractivity contribution in [2.45, 2.75) is 37.5 Å². The molecule has 2 fully saturated rings. The van der Waals surface area contributed by atoms with E-state index in [4.69, 9.17) is 4.74 Å². The summed E-state index contributed by atoms with van der Waals surface area (Å²) in [6.45, 7) is 5.87. The van der Waals surface area contributed by atoms with Gasteiger partial charge in [0.05, 0.1) is 12.4 Å². The Morgan fingerprint density at radius 2 is 2.17 bits per heavy atom. The van der Waals surface area contributed by atoms with E-state index >= 15 is 0 Å². The van der Waals surface area contributed by atoms with Gasteiger partial charge in [-0.1, -0.05) is 6.92 Å². The Morgan fingerprint density at radius 3 is 2.89 bits per heavy atom. The van der Waals surface area contributed by atoms with E-state index in [1.54, 1.807) is 0 Å². The molecule has 2 heterocycles. The van der Waals surface area contributed by atoms with E-state index in [1.807, 2.05) is 11.8 Å². The monoisotopic (exact) mass is 272 g/mol. The van der Waals surface area contributed by atoms with Crippen LogP contribution in [-0.2, 0) is 9.53 Å². The second kappa shape index (κ2) is 7.36. The van der Waals surface area contributed by atoms with Gasteiger partial charge in [-0.2, -0.15) is 0 Å². The van der Waals surface area contributed by atoms with E-state index < -0.39 is 0 Å². The van der Waals surface area contributed by atoms with Crippen molar-refractivity contribution >= 4 is 17.7 Å². The topological polar surface area (TPSA) is 50.4 Å². The van der Waals surface area contributed by atoms with Crippen LogP contribution in [0.5, 0.6) is 0 Å². The first kappa shape index (κ1) is 14.2. The summed E-state index contributed by atoms with van der Waals surface area (Å²) in [5.74, 6) is 1.23. The standard InChI is InChI=1S/C13H24N2O2S/c1-10-8-17-7-4-12(10)15-13(16)9-18-11-2-5-14-6-3-11/h10-12,14H,2-9H2,1H3,(H,15,16). The van der Waals surface area contributed by atoms with Crippen molar-refractivity contribution in [3.63, 3.8) is 0 Å². The first-order valence-corrected chi connectivity index (χ1v) is 8.00. The van der Waals surface area contributed by atoms with Crippen LogP contribution in [0, 0.1) is 5.92 Å². The predicted molar refractivity (Wildman–Crippen MR) is 74.9 cm³/mol. The normalized spacial score (nSPS) is 30.1. The Balaban J connectivity index is 1.64. The fourth-order valence-electron chi connectivity index (χ4n) is 2.50. The lowest BCUT2D eigenvalue weighted by molar-refractivity contribution is -0.120. The molecule has 0 spiro atoms. The summed E-state index contributed by atoms with van der Waals surface area (Å²) in [6, 6.07) is 0.305. The van der Waals surface area contributed by atoms with Crippen LogP contribution < -0.4 is 10.6 Å². The van der Waals surface area contributed by atoms with Gasteiger partial charge in [0.15, 0.2) is 0 Å². The largest absolute Gasteiger partial charge is 0.381 e. The van der Waals surface area contributed by atoms with Crippen LogP contribution in [0.25, 0.3) is 0 Å². The molecular formula is C13H24N2O2S. The second-order valence-electron chi connectivity index (χ2n) is 5.28. The molecular weight excluding hydrogens is 248 g/mol. The summed E-state index contributed by atoms with van der Waals surface area (Å²) in [4.78, 5) is 11.9. The molecule has 18 heavy (non-hydrogen) atoms. The lowest BCUT2D eigenvalue weighted by atomic mass is 9.98. The van der Waals surface area contributed by atoms with Crippen molar-refractivity contribution in [2.75, 3.05) is 32.1 Å². The molecule has 2 saturated heterocycles. The third kappa shape index (κ3) is 4.44. The van der Waals surface area contributed by atoms with Crippen LogP contribution in [0.4, 0.5) is 0 Å². The number of thioether (sulfide) groups is 1. The molecule has 0 bridgehead atoms. The van der Waals surface area contributed by atoms with Crippen LogP contribution in [0.1, 0.15) is 26.2 Å². The lowest BCUT2D eigenvalue weighted by Crippen LogP contribution is -2.45. The molecule has 2 rings (SSSR count). The summed E-state index contributed by atoms with van der Waals surface area (Å²) >= 11 is 1.81. The Bertz CT molecular complexity index is 270. The van der Waals surface area contributed by atoms with Crippen LogP contribution in [0.3, 0.4) is 0 Å². The molecule has 1 amide bonds. The number of rotatable bonds is 4. The first-order valence-electron chi connectivity index (χ1n) is 6.95. The molecule has 0 saturated carbocycles. The zero-order valence-corrected chi connectivity index (χ0v) is 11.9. The van der Waals surface area contributed by atoms with E-state index in [-0.39, 0.29) is 5.91 Å². The van der Waals surface area contributed by atoms with Crippen molar-refractivity contribution in [1.82, 2.24) is 10.6 Å². The van der Waals surface area contributed by atoms with Gasteiger partial charge in [-0.05, 0) is 38.3 Å². The molecule has 0 aromatic heterocycles. The Labute approximate surface area is 114 Å². The predicted octanol–water partition coefficient (Wildman–Crippen LogP) is 1.01. The molecule has 4 nitrogen and oxygen atoms in total. The average Bonchev–Trinajstić information content (AvgIpc) is 2.40. The summed E-state index contributed by atoms with van der Waals surface area (Å²) in [5.41, 5.74) is 0. The smallest absolute Gasteiger partial charge is 0.230 e. The highest BCUT2D eigenvalue weighted by Crippen LogP contribution is 2.20. The van der Waals surface area contributed by atoms with Gasteiger partial charge in [0.25, 0.3) is 0 Å². The minimum atomic E-state index is 0.192. The van der Waals surface area contributed by atoms with Crippen LogP contribution in [-0.4, -0.2) is 49.3 Å². The molecule has 0 aliphatic carbocycles. The van der Waals surface area contributed by atoms with Gasteiger partial charge in [0.1, 0.15) is 0 Å². The van der Waals surface area contributed by atoms with Crippen LogP contribution in [0.15, 0.2) is 0 Å². The number of carbonyl (C=O) groups is 1. The van der Waals surface area contributed by atoms with Crippen molar-refractivity contribution in [1.29, 1.82) is 0 Å². The number of nitrogens with one attached hydrogen (secondary N) is 2. The highest BCUT2D eigenvalue weighted by Gasteiger charge is 2.23. The average molecular weight is 272 g/mol. The minimum absolute atomic E-state index is 0.192. The van der Waals surface area contributed by atoms with Crippen LogP contribution >= 0.6 is 11.8 Å². The molecule has 2 N–H and O–H groups in total. The molecule has 5 heteroatoms. The van der Waals surface area contributed by atoms with E-state index in [1.165, 1.54) is 12.8 Å². The number of hydrogen-bond acceptors (Lipinski definition) is 4. The van der Waals surface area contributed by atoms with Crippen molar-refractivity contribution < 1.29 is 9.53 Å². The van der Waals surface area contributed by atoms with E-state index in [0.29, 0.717) is 23.0 Å². The second-order valence-corrected chi connectivity index (χ2v) is 6.56. The summed E-state index contributed by atoms with van der Waals surface area (Å²) in [6.07, 6.45) is 3.32. The van der Waals surface area contributed by atoms with Gasteiger partial charge < -0.3 is 15.4 Å². The van der Waals surface area contributed by atoms with Gasteiger partial charge >= 0.3 is 0 Å². The van der Waals surface area contributed by atoms with Crippen molar-refractivity contribution in [2.24, 2.45) is 5.92 Å². The number of carbonyl (C=O) groups excluding carboxylic acids is 1. The van der Waals surface area contributed by atoms with Gasteiger partial charge in [-0.3, -0.25) is 4.79 Å². The minimum Gasteiger partial charge on any atom is -0.381 e. The molecule has 0 radical (unpaired) electrons. The number of amides is 1.